The molecule has 0 aliphatic carbocycles. The van der Waals surface area contributed by atoms with E-state index in [0.29, 0.717) is 11.4 Å². The van der Waals surface area contributed by atoms with Crippen LogP contribution in [0, 0.1) is 6.92 Å². The summed E-state index contributed by atoms with van der Waals surface area (Å²) in [6, 6.07) is 13.5. The molecule has 0 radical (unpaired) electrons. The number of hydrogen-bond acceptors (Lipinski definition) is 3. The number of aryl methyl sites for hydroxylation is 1. The van der Waals surface area contributed by atoms with E-state index >= 15 is 0 Å². The highest BCUT2D eigenvalue weighted by atomic mass is 32.1. The molecular weight excluding hydrogens is 293 g/mol. The van der Waals surface area contributed by atoms with Gasteiger partial charge in [0.05, 0.1) is 0 Å². The Morgan fingerprint density at radius 1 is 1.20 bits per heavy atom. The maximum Gasteiger partial charge on any atom is 0.347 e. The lowest BCUT2D eigenvalue weighted by molar-refractivity contribution is 0.349. The summed E-state index contributed by atoms with van der Waals surface area (Å²) < 4.78 is 11.6. The molecule has 1 aromatic heterocycles. The van der Waals surface area contributed by atoms with Crippen molar-refractivity contribution >= 4 is 18.9 Å². The maximum atomic E-state index is 11.6. The van der Waals surface area contributed by atoms with Crippen LogP contribution in [0.2, 0.25) is 0 Å². The molecule has 0 bridgehead atoms. The topological polar surface area (TPSA) is 69.6 Å². The van der Waals surface area contributed by atoms with Crippen LogP contribution in [-0.2, 0) is 11.0 Å². The Hall–Kier alpha value is -0.970. The first-order valence-corrected chi connectivity index (χ1v) is 8.85. The second kappa shape index (κ2) is 6.66. The third-order valence-electron chi connectivity index (χ3n) is 2.96. The molecule has 108 valence electrons. The van der Waals surface area contributed by atoms with Crippen LogP contribution in [0.5, 0.6) is 0 Å². The van der Waals surface area contributed by atoms with Gasteiger partial charge in [0.1, 0.15) is 5.78 Å². The number of thiophene rings is 1. The summed E-state index contributed by atoms with van der Waals surface area (Å²) in [5.41, 5.74) is 1.15. The van der Waals surface area contributed by atoms with E-state index in [1.54, 1.807) is 6.07 Å². The lowest BCUT2D eigenvalue weighted by Gasteiger charge is -2.18. The predicted molar refractivity (Wildman–Crippen MR) is 82.0 cm³/mol. The molecule has 0 saturated carbocycles. The molecule has 20 heavy (non-hydrogen) atoms. The Kier molecular flexibility index (Phi) is 5.13. The van der Waals surface area contributed by atoms with Crippen LogP contribution in [0.1, 0.15) is 21.1 Å². The third-order valence-corrected chi connectivity index (χ3v) is 5.33. The van der Waals surface area contributed by atoms with Crippen molar-refractivity contribution < 1.29 is 14.4 Å². The Bertz CT molecular complexity index is 593. The molecule has 2 aromatic rings. The monoisotopic (exact) mass is 311 g/mol. The quantitative estimate of drug-likeness (QED) is 0.717. The number of hydrogen-bond donors (Lipinski definition) is 3. The molecule has 1 aromatic carbocycles. The van der Waals surface area contributed by atoms with Crippen molar-refractivity contribution in [1.29, 1.82) is 0 Å². The first kappa shape index (κ1) is 15.4. The van der Waals surface area contributed by atoms with Crippen molar-refractivity contribution in [3.8, 4) is 0 Å². The largest absolute Gasteiger partial charge is 0.347 e. The molecule has 1 atom stereocenters. The zero-order chi connectivity index (χ0) is 14.6. The van der Waals surface area contributed by atoms with Gasteiger partial charge in [-0.25, -0.2) is 0 Å². The first-order chi connectivity index (χ1) is 9.47. The summed E-state index contributed by atoms with van der Waals surface area (Å²) in [5, 5.41) is 2.99. The molecule has 6 heteroatoms. The Balaban J connectivity index is 2.01. The number of rotatable bonds is 6. The van der Waals surface area contributed by atoms with E-state index < -0.39 is 13.4 Å². The smallest absolute Gasteiger partial charge is 0.323 e. The molecule has 3 N–H and O–H groups in total. The molecule has 1 unspecified atom stereocenters. The first-order valence-electron chi connectivity index (χ1n) is 6.35. The zero-order valence-corrected chi connectivity index (χ0v) is 12.9. The second-order valence-electron chi connectivity index (χ2n) is 4.63. The van der Waals surface area contributed by atoms with Gasteiger partial charge < -0.3 is 9.79 Å². The summed E-state index contributed by atoms with van der Waals surface area (Å²) in [7, 11) is -4.21. The fourth-order valence-electron chi connectivity index (χ4n) is 1.98. The van der Waals surface area contributed by atoms with Gasteiger partial charge in [0.15, 0.2) is 0 Å². The Morgan fingerprint density at radius 3 is 2.45 bits per heavy atom. The van der Waals surface area contributed by atoms with Gasteiger partial charge in [-0.1, -0.05) is 30.3 Å². The minimum atomic E-state index is -4.21. The van der Waals surface area contributed by atoms with Gasteiger partial charge >= 0.3 is 7.60 Å². The van der Waals surface area contributed by atoms with Crippen molar-refractivity contribution in [3.63, 3.8) is 0 Å². The van der Waals surface area contributed by atoms with E-state index in [9.17, 15) is 14.4 Å². The van der Waals surface area contributed by atoms with E-state index in [1.807, 2.05) is 43.3 Å². The van der Waals surface area contributed by atoms with E-state index in [-0.39, 0.29) is 0 Å². The van der Waals surface area contributed by atoms with Crippen LogP contribution in [0.3, 0.4) is 0 Å². The molecule has 0 spiro atoms. The standard InChI is InChI=1S/C14H18NO3PS/c1-11-7-8-13(20-11)14(19(16,17)18)15-10-9-12-5-3-2-4-6-12/h2-8,14-15H,9-10H2,1H3,(H2,16,17,18). The number of benzene rings is 1. The van der Waals surface area contributed by atoms with Gasteiger partial charge in [-0.15, -0.1) is 11.3 Å². The summed E-state index contributed by atoms with van der Waals surface area (Å²) >= 11 is 1.41. The van der Waals surface area contributed by atoms with Crippen LogP contribution in [0.4, 0.5) is 0 Å². The lowest BCUT2D eigenvalue weighted by atomic mass is 10.1. The van der Waals surface area contributed by atoms with Gasteiger partial charge in [0.25, 0.3) is 0 Å². The minimum absolute atomic E-state index is 0.525. The van der Waals surface area contributed by atoms with E-state index in [1.165, 1.54) is 11.3 Å². The predicted octanol–water partition coefficient (Wildman–Crippen LogP) is 3.07. The van der Waals surface area contributed by atoms with E-state index in [4.69, 9.17) is 0 Å². The lowest BCUT2D eigenvalue weighted by Crippen LogP contribution is -2.23. The van der Waals surface area contributed by atoms with Gasteiger partial charge in [-0.3, -0.25) is 9.88 Å². The highest BCUT2D eigenvalue weighted by molar-refractivity contribution is 7.52. The fraction of sp³-hybridized carbons (Fsp3) is 0.286. The average molecular weight is 311 g/mol. The molecule has 0 aliphatic heterocycles. The van der Waals surface area contributed by atoms with E-state index in [2.05, 4.69) is 5.32 Å². The van der Waals surface area contributed by atoms with Crippen LogP contribution >= 0.6 is 18.9 Å². The van der Waals surface area contributed by atoms with Crippen LogP contribution in [0.15, 0.2) is 42.5 Å². The Morgan fingerprint density at radius 2 is 1.90 bits per heavy atom. The Labute approximate surface area is 122 Å². The van der Waals surface area contributed by atoms with Crippen LogP contribution in [-0.4, -0.2) is 16.3 Å². The van der Waals surface area contributed by atoms with Crippen LogP contribution < -0.4 is 5.32 Å². The molecule has 0 amide bonds. The van der Waals surface area contributed by atoms with E-state index in [0.717, 1.165) is 16.9 Å². The van der Waals surface area contributed by atoms with Crippen molar-refractivity contribution in [2.75, 3.05) is 6.54 Å². The molecular formula is C14H18NO3PS. The molecule has 0 aliphatic rings. The summed E-state index contributed by atoms with van der Waals surface area (Å²) in [6.45, 7) is 2.45. The van der Waals surface area contributed by atoms with Crippen LogP contribution in [0.25, 0.3) is 0 Å². The average Bonchev–Trinajstić information content (AvgIpc) is 2.80. The molecule has 1 heterocycles. The van der Waals surface area contributed by atoms with Gasteiger partial charge in [0, 0.05) is 16.3 Å². The third kappa shape index (κ3) is 4.27. The summed E-state index contributed by atoms with van der Waals surface area (Å²) in [6.07, 6.45) is 0.738. The summed E-state index contributed by atoms with van der Waals surface area (Å²) in [5.74, 6) is -0.912. The van der Waals surface area contributed by atoms with Gasteiger partial charge in [0.2, 0.25) is 0 Å². The highest BCUT2D eigenvalue weighted by Crippen LogP contribution is 2.51. The molecule has 0 saturated heterocycles. The zero-order valence-electron chi connectivity index (χ0n) is 11.2. The van der Waals surface area contributed by atoms with Gasteiger partial charge in [-0.2, -0.15) is 0 Å². The SMILES string of the molecule is Cc1ccc(C(NCCc2ccccc2)P(=O)(O)O)s1. The minimum Gasteiger partial charge on any atom is -0.323 e. The maximum absolute atomic E-state index is 11.6. The second-order valence-corrected chi connectivity index (χ2v) is 7.64. The normalized spacial score (nSPS) is 13.3. The molecule has 2 rings (SSSR count). The molecule has 4 nitrogen and oxygen atoms in total. The van der Waals surface area contributed by atoms with Crippen molar-refractivity contribution in [3.05, 3.63) is 57.8 Å². The molecule has 0 fully saturated rings. The number of nitrogens with one attached hydrogen (secondary N) is 1. The van der Waals surface area contributed by atoms with Crippen molar-refractivity contribution in [1.82, 2.24) is 5.32 Å². The fourth-order valence-corrected chi connectivity index (χ4v) is 4.18. The van der Waals surface area contributed by atoms with Crippen molar-refractivity contribution in [2.45, 2.75) is 19.1 Å². The summed E-state index contributed by atoms with van der Waals surface area (Å²) in [4.78, 5) is 20.7. The van der Waals surface area contributed by atoms with Crippen molar-refractivity contribution in [2.24, 2.45) is 0 Å². The van der Waals surface area contributed by atoms with Gasteiger partial charge in [-0.05, 0) is 31.0 Å². The highest BCUT2D eigenvalue weighted by Gasteiger charge is 2.30.